The average molecular weight is 364 g/mol. The molecule has 1 N–H and O–H groups in total. The van der Waals surface area contributed by atoms with E-state index >= 15 is 0 Å². The van der Waals surface area contributed by atoms with Crippen molar-refractivity contribution in [2.24, 2.45) is 0 Å². The molecule has 0 aromatic heterocycles. The van der Waals surface area contributed by atoms with E-state index in [1.54, 1.807) is 17.0 Å². The lowest BCUT2D eigenvalue weighted by atomic mass is 10.0. The van der Waals surface area contributed by atoms with Crippen molar-refractivity contribution in [3.05, 3.63) is 60.2 Å². The minimum atomic E-state index is -0.576. The van der Waals surface area contributed by atoms with E-state index in [0.717, 1.165) is 24.0 Å². The van der Waals surface area contributed by atoms with Gasteiger partial charge >= 0.3 is 0 Å². The summed E-state index contributed by atoms with van der Waals surface area (Å²) >= 11 is 0. The Morgan fingerprint density at radius 3 is 2.33 bits per heavy atom. The number of Topliss-reactive ketones (excluding diaryl/α,β-unsaturated/α-hetero) is 1. The van der Waals surface area contributed by atoms with Gasteiger partial charge in [-0.15, -0.1) is 0 Å². The maximum Gasteiger partial charge on any atom is 0.251 e. The summed E-state index contributed by atoms with van der Waals surface area (Å²) in [6, 6.07) is 16.7. The topological polar surface area (TPSA) is 66.5 Å². The Labute approximate surface area is 159 Å². The van der Waals surface area contributed by atoms with Gasteiger partial charge in [-0.1, -0.05) is 42.5 Å². The molecule has 27 heavy (non-hydrogen) atoms. The predicted octanol–water partition coefficient (Wildman–Crippen LogP) is 3.05. The maximum absolute atomic E-state index is 12.6. The lowest BCUT2D eigenvalue weighted by Crippen LogP contribution is -2.48. The summed E-state index contributed by atoms with van der Waals surface area (Å²) in [5, 5.41) is 2.85. The van der Waals surface area contributed by atoms with E-state index in [-0.39, 0.29) is 24.1 Å². The van der Waals surface area contributed by atoms with Crippen molar-refractivity contribution in [2.75, 3.05) is 13.1 Å². The highest BCUT2D eigenvalue weighted by molar-refractivity contribution is 5.98. The van der Waals surface area contributed by atoms with Gasteiger partial charge in [-0.05, 0) is 49.4 Å². The molecule has 1 fully saturated rings. The third kappa shape index (κ3) is 4.82. The third-order valence-electron chi connectivity index (χ3n) is 4.75. The van der Waals surface area contributed by atoms with Crippen LogP contribution in [0.4, 0.5) is 0 Å². The van der Waals surface area contributed by atoms with Gasteiger partial charge in [0.1, 0.15) is 11.8 Å². The molecule has 1 heterocycles. The fourth-order valence-corrected chi connectivity index (χ4v) is 3.35. The number of hydrogen-bond donors (Lipinski definition) is 1. The summed E-state index contributed by atoms with van der Waals surface area (Å²) in [7, 11) is 0. The van der Waals surface area contributed by atoms with Crippen molar-refractivity contribution >= 4 is 17.6 Å². The summed E-state index contributed by atoms with van der Waals surface area (Å²) < 4.78 is 0. The molecular weight excluding hydrogens is 340 g/mol. The zero-order chi connectivity index (χ0) is 19.2. The number of benzene rings is 2. The number of carbonyl (C=O) groups is 3. The lowest BCUT2D eigenvalue weighted by molar-refractivity contribution is -0.136. The molecule has 1 aliphatic rings. The minimum absolute atomic E-state index is 0.0492. The van der Waals surface area contributed by atoms with Gasteiger partial charge in [-0.25, -0.2) is 0 Å². The molecule has 0 saturated carbocycles. The normalized spacial score (nSPS) is 17.3. The smallest absolute Gasteiger partial charge is 0.251 e. The number of likely N-dealkylation sites (tertiary alicyclic amines) is 1. The molecule has 5 heteroatoms. The molecule has 1 unspecified atom stereocenters. The van der Waals surface area contributed by atoms with E-state index in [9.17, 15) is 14.4 Å². The van der Waals surface area contributed by atoms with Crippen LogP contribution in [0.1, 0.15) is 36.5 Å². The fourth-order valence-electron chi connectivity index (χ4n) is 3.35. The van der Waals surface area contributed by atoms with E-state index in [4.69, 9.17) is 0 Å². The molecule has 1 saturated heterocycles. The quantitative estimate of drug-likeness (QED) is 0.887. The number of amides is 2. The first-order valence-corrected chi connectivity index (χ1v) is 9.29. The van der Waals surface area contributed by atoms with E-state index in [1.807, 2.05) is 42.5 Å². The number of ketones is 1. The van der Waals surface area contributed by atoms with Gasteiger partial charge in [0, 0.05) is 12.1 Å². The summed E-state index contributed by atoms with van der Waals surface area (Å²) in [4.78, 5) is 38.2. The molecule has 3 rings (SSSR count). The van der Waals surface area contributed by atoms with Gasteiger partial charge < -0.3 is 10.2 Å². The monoisotopic (exact) mass is 364 g/mol. The SMILES string of the molecule is CC(=O)CN1CCCCC(NC(=O)c2ccc(-c3ccccc3)cc2)C1=O. The molecule has 5 nitrogen and oxygen atoms in total. The number of hydrogen-bond acceptors (Lipinski definition) is 3. The van der Waals surface area contributed by atoms with Crippen molar-refractivity contribution in [1.82, 2.24) is 10.2 Å². The number of nitrogens with zero attached hydrogens (tertiary/aromatic N) is 1. The van der Waals surface area contributed by atoms with E-state index in [1.165, 1.54) is 6.92 Å². The van der Waals surface area contributed by atoms with Crippen LogP contribution in [0.3, 0.4) is 0 Å². The number of rotatable bonds is 5. The Balaban J connectivity index is 1.68. The van der Waals surface area contributed by atoms with Gasteiger partial charge in [-0.2, -0.15) is 0 Å². The molecule has 0 radical (unpaired) electrons. The van der Waals surface area contributed by atoms with Gasteiger partial charge in [0.15, 0.2) is 0 Å². The van der Waals surface area contributed by atoms with Crippen LogP contribution >= 0.6 is 0 Å². The third-order valence-corrected chi connectivity index (χ3v) is 4.75. The second-order valence-corrected chi connectivity index (χ2v) is 6.93. The van der Waals surface area contributed by atoms with Crippen LogP contribution < -0.4 is 5.32 Å². The summed E-state index contributed by atoms with van der Waals surface area (Å²) in [6.07, 6.45) is 2.29. The van der Waals surface area contributed by atoms with Gasteiger partial charge in [0.2, 0.25) is 5.91 Å². The van der Waals surface area contributed by atoms with E-state index < -0.39 is 6.04 Å². The lowest BCUT2D eigenvalue weighted by Gasteiger charge is -2.23. The van der Waals surface area contributed by atoms with Crippen LogP contribution in [0.5, 0.6) is 0 Å². The number of carbonyl (C=O) groups excluding carboxylic acids is 3. The van der Waals surface area contributed by atoms with Gasteiger partial charge in [0.25, 0.3) is 5.91 Å². The van der Waals surface area contributed by atoms with Crippen LogP contribution in [-0.4, -0.2) is 41.6 Å². The number of nitrogens with one attached hydrogen (secondary N) is 1. The van der Waals surface area contributed by atoms with Crippen molar-refractivity contribution in [2.45, 2.75) is 32.2 Å². The van der Waals surface area contributed by atoms with Crippen molar-refractivity contribution in [3.63, 3.8) is 0 Å². The first-order chi connectivity index (χ1) is 13.0. The molecule has 140 valence electrons. The summed E-state index contributed by atoms with van der Waals surface area (Å²) in [5.74, 6) is -0.485. The van der Waals surface area contributed by atoms with E-state index in [0.29, 0.717) is 18.5 Å². The van der Waals surface area contributed by atoms with Crippen LogP contribution in [0.15, 0.2) is 54.6 Å². The standard InChI is InChI=1S/C22H24N2O3/c1-16(25)15-24-14-6-5-9-20(22(24)27)23-21(26)19-12-10-18(11-13-19)17-7-3-2-4-8-17/h2-4,7-8,10-13,20H,5-6,9,14-15H2,1H3,(H,23,26). The Hall–Kier alpha value is -2.95. The summed E-state index contributed by atoms with van der Waals surface area (Å²) in [6.45, 7) is 2.15. The highest BCUT2D eigenvalue weighted by Crippen LogP contribution is 2.19. The van der Waals surface area contributed by atoms with Gasteiger partial charge in [0.05, 0.1) is 6.54 Å². The van der Waals surface area contributed by atoms with E-state index in [2.05, 4.69) is 5.32 Å². The Morgan fingerprint density at radius 1 is 1.00 bits per heavy atom. The zero-order valence-electron chi connectivity index (χ0n) is 15.5. The molecule has 1 atom stereocenters. The molecule has 1 aliphatic heterocycles. The van der Waals surface area contributed by atoms with Crippen LogP contribution in [0, 0.1) is 0 Å². The highest BCUT2D eigenvalue weighted by Gasteiger charge is 2.28. The fraction of sp³-hybridized carbons (Fsp3) is 0.318. The average Bonchev–Trinajstić information content (AvgIpc) is 2.84. The molecule has 2 amide bonds. The first-order valence-electron chi connectivity index (χ1n) is 9.29. The highest BCUT2D eigenvalue weighted by atomic mass is 16.2. The summed E-state index contributed by atoms with van der Waals surface area (Å²) in [5.41, 5.74) is 2.64. The van der Waals surface area contributed by atoms with Crippen molar-refractivity contribution in [3.8, 4) is 11.1 Å². The molecule has 2 aromatic rings. The zero-order valence-corrected chi connectivity index (χ0v) is 15.5. The maximum atomic E-state index is 12.6. The molecule has 0 spiro atoms. The second-order valence-electron chi connectivity index (χ2n) is 6.93. The molecule has 0 bridgehead atoms. The molecule has 0 aliphatic carbocycles. The van der Waals surface area contributed by atoms with Crippen LogP contribution in [0.25, 0.3) is 11.1 Å². The largest absolute Gasteiger partial charge is 0.340 e. The van der Waals surface area contributed by atoms with Gasteiger partial charge in [-0.3, -0.25) is 14.4 Å². The van der Waals surface area contributed by atoms with Crippen LogP contribution in [-0.2, 0) is 9.59 Å². The molecular formula is C22H24N2O3. The Morgan fingerprint density at radius 2 is 1.67 bits per heavy atom. The molecule has 2 aromatic carbocycles. The first kappa shape index (κ1) is 18.8. The Bertz CT molecular complexity index is 815. The predicted molar refractivity (Wildman–Crippen MR) is 104 cm³/mol. The van der Waals surface area contributed by atoms with Crippen molar-refractivity contribution in [1.29, 1.82) is 0 Å². The Kier molecular flexibility index (Phi) is 6.01. The second kappa shape index (κ2) is 8.62. The minimum Gasteiger partial charge on any atom is -0.340 e. The van der Waals surface area contributed by atoms with Crippen molar-refractivity contribution < 1.29 is 14.4 Å². The van der Waals surface area contributed by atoms with Crippen LogP contribution in [0.2, 0.25) is 0 Å².